The van der Waals surface area contributed by atoms with Gasteiger partial charge in [0.25, 0.3) is 0 Å². The first kappa shape index (κ1) is 13.0. The van der Waals surface area contributed by atoms with Gasteiger partial charge in [-0.25, -0.2) is 0 Å². The fraction of sp³-hybridized carbons (Fsp3) is 0.538. The maximum Gasteiger partial charge on any atom is 0.127 e. The van der Waals surface area contributed by atoms with Crippen LogP contribution in [0.4, 0.5) is 0 Å². The maximum absolute atomic E-state index is 9.37. The molecule has 0 aliphatic rings. The van der Waals surface area contributed by atoms with E-state index < -0.39 is 0 Å². The number of aryl methyl sites for hydroxylation is 2. The third-order valence-corrected chi connectivity index (χ3v) is 3.12. The molecule has 1 aromatic rings. The van der Waals surface area contributed by atoms with Crippen molar-refractivity contribution in [2.24, 2.45) is 0 Å². The summed E-state index contributed by atoms with van der Waals surface area (Å²) in [5.41, 5.74) is 4.55. The third-order valence-electron chi connectivity index (χ3n) is 3.12. The molecule has 0 fully saturated rings. The van der Waals surface area contributed by atoms with Gasteiger partial charge in [-0.2, -0.15) is 0 Å². The fourth-order valence-corrected chi connectivity index (χ4v) is 2.09. The molecule has 1 aromatic carbocycles. The van der Waals surface area contributed by atoms with Crippen LogP contribution in [0.15, 0.2) is 6.07 Å². The number of likely N-dealkylation sites (N-methyl/N-ethyl adjacent to an activating group) is 1. The molecule has 0 amide bonds. The summed E-state index contributed by atoms with van der Waals surface area (Å²) in [5, 5.41) is 12.5. The Labute approximate surface area is 97.4 Å². The summed E-state index contributed by atoms with van der Waals surface area (Å²) in [6.45, 7) is 6.23. The van der Waals surface area contributed by atoms with Gasteiger partial charge in [-0.3, -0.25) is 0 Å². The zero-order chi connectivity index (χ0) is 12.3. The van der Waals surface area contributed by atoms with Crippen molar-refractivity contribution in [1.29, 1.82) is 0 Å². The SMILES string of the molecule is CNC(CO)c1c(C)cc(C)c(C)c1OC. The third kappa shape index (κ3) is 2.20. The number of aliphatic hydroxyl groups is 1. The van der Waals surface area contributed by atoms with Crippen LogP contribution in [0.1, 0.15) is 28.3 Å². The summed E-state index contributed by atoms with van der Waals surface area (Å²) in [7, 11) is 3.52. The molecular formula is C13H21NO2. The molecule has 3 heteroatoms. The number of nitrogens with one attached hydrogen (secondary N) is 1. The second-order valence-electron chi connectivity index (χ2n) is 4.11. The molecule has 0 saturated heterocycles. The van der Waals surface area contributed by atoms with Crippen LogP contribution >= 0.6 is 0 Å². The van der Waals surface area contributed by atoms with Crippen molar-refractivity contribution in [3.63, 3.8) is 0 Å². The Kier molecular flexibility index (Phi) is 4.33. The number of hydrogen-bond donors (Lipinski definition) is 2. The molecule has 0 heterocycles. The lowest BCUT2D eigenvalue weighted by Crippen LogP contribution is -2.22. The predicted molar refractivity (Wildman–Crippen MR) is 66.1 cm³/mol. The number of methoxy groups -OCH3 is 1. The Balaban J connectivity index is 3.41. The van der Waals surface area contributed by atoms with Gasteiger partial charge in [0.1, 0.15) is 5.75 Å². The topological polar surface area (TPSA) is 41.5 Å². The second-order valence-corrected chi connectivity index (χ2v) is 4.11. The number of benzene rings is 1. The van der Waals surface area contributed by atoms with Crippen LogP contribution in [-0.2, 0) is 0 Å². The molecular weight excluding hydrogens is 202 g/mol. The Hall–Kier alpha value is -1.06. The molecule has 0 aliphatic heterocycles. The zero-order valence-electron chi connectivity index (χ0n) is 10.7. The lowest BCUT2D eigenvalue weighted by molar-refractivity contribution is 0.247. The Morgan fingerprint density at radius 1 is 1.31 bits per heavy atom. The quantitative estimate of drug-likeness (QED) is 0.819. The molecule has 1 atom stereocenters. The highest BCUT2D eigenvalue weighted by molar-refractivity contribution is 5.51. The average Bonchev–Trinajstić information content (AvgIpc) is 2.27. The van der Waals surface area contributed by atoms with Crippen LogP contribution in [0.2, 0.25) is 0 Å². The summed E-state index contributed by atoms with van der Waals surface area (Å²) >= 11 is 0. The predicted octanol–water partition coefficient (Wildman–Crippen LogP) is 1.87. The zero-order valence-corrected chi connectivity index (χ0v) is 10.7. The van der Waals surface area contributed by atoms with Gasteiger partial charge in [-0.15, -0.1) is 0 Å². The van der Waals surface area contributed by atoms with Crippen LogP contribution in [0.5, 0.6) is 5.75 Å². The summed E-state index contributed by atoms with van der Waals surface area (Å²) in [6, 6.07) is 2.06. The largest absolute Gasteiger partial charge is 0.496 e. The lowest BCUT2D eigenvalue weighted by Gasteiger charge is -2.22. The molecule has 0 spiro atoms. The van der Waals surface area contributed by atoms with Gasteiger partial charge in [0.2, 0.25) is 0 Å². The van der Waals surface area contributed by atoms with Crippen molar-refractivity contribution in [1.82, 2.24) is 5.32 Å². The first-order valence-corrected chi connectivity index (χ1v) is 5.49. The van der Waals surface area contributed by atoms with Gasteiger partial charge in [0, 0.05) is 5.56 Å². The van der Waals surface area contributed by atoms with Gasteiger partial charge in [0.05, 0.1) is 19.8 Å². The highest BCUT2D eigenvalue weighted by Gasteiger charge is 2.19. The van der Waals surface area contributed by atoms with Crippen LogP contribution in [0.3, 0.4) is 0 Å². The molecule has 1 unspecified atom stereocenters. The van der Waals surface area contributed by atoms with E-state index in [1.54, 1.807) is 7.11 Å². The van der Waals surface area contributed by atoms with Crippen molar-refractivity contribution in [3.8, 4) is 5.75 Å². The van der Waals surface area contributed by atoms with Gasteiger partial charge >= 0.3 is 0 Å². The molecule has 1 rings (SSSR count). The van der Waals surface area contributed by atoms with E-state index in [1.807, 2.05) is 20.9 Å². The van der Waals surface area contributed by atoms with Crippen molar-refractivity contribution in [3.05, 3.63) is 28.3 Å². The molecule has 16 heavy (non-hydrogen) atoms. The number of aliphatic hydroxyl groups excluding tert-OH is 1. The van der Waals surface area contributed by atoms with Gasteiger partial charge in [-0.05, 0) is 44.5 Å². The van der Waals surface area contributed by atoms with Crippen LogP contribution < -0.4 is 10.1 Å². The normalized spacial score (nSPS) is 12.6. The van der Waals surface area contributed by atoms with Crippen molar-refractivity contribution in [2.75, 3.05) is 20.8 Å². The first-order valence-electron chi connectivity index (χ1n) is 5.49. The van der Waals surface area contributed by atoms with Crippen molar-refractivity contribution in [2.45, 2.75) is 26.8 Å². The van der Waals surface area contributed by atoms with E-state index in [0.717, 1.165) is 22.4 Å². The van der Waals surface area contributed by atoms with E-state index in [2.05, 4.69) is 18.3 Å². The molecule has 0 saturated carbocycles. The lowest BCUT2D eigenvalue weighted by atomic mass is 9.94. The van der Waals surface area contributed by atoms with Gasteiger partial charge in [0.15, 0.2) is 0 Å². The minimum absolute atomic E-state index is 0.0657. The second kappa shape index (κ2) is 5.32. The van der Waals surface area contributed by atoms with E-state index in [1.165, 1.54) is 5.56 Å². The van der Waals surface area contributed by atoms with Crippen LogP contribution in [0.25, 0.3) is 0 Å². The summed E-state index contributed by atoms with van der Waals surface area (Å²) < 4.78 is 5.47. The standard InChI is InChI=1S/C13H21NO2/c1-8-6-9(2)12(11(7-15)14-4)13(16-5)10(8)3/h6,11,14-15H,7H2,1-5H3. The maximum atomic E-state index is 9.37. The van der Waals surface area contributed by atoms with E-state index in [9.17, 15) is 5.11 Å². The monoisotopic (exact) mass is 223 g/mol. The molecule has 0 bridgehead atoms. The summed E-state index contributed by atoms with van der Waals surface area (Å²) in [5.74, 6) is 0.880. The molecule has 3 nitrogen and oxygen atoms in total. The van der Waals surface area contributed by atoms with E-state index in [0.29, 0.717) is 0 Å². The summed E-state index contributed by atoms with van der Waals surface area (Å²) in [4.78, 5) is 0. The molecule has 0 radical (unpaired) electrons. The molecule has 90 valence electrons. The molecule has 0 aliphatic carbocycles. The Morgan fingerprint density at radius 3 is 2.38 bits per heavy atom. The number of rotatable bonds is 4. The fourth-order valence-electron chi connectivity index (χ4n) is 2.09. The average molecular weight is 223 g/mol. The molecule has 0 aromatic heterocycles. The highest BCUT2D eigenvalue weighted by atomic mass is 16.5. The van der Waals surface area contributed by atoms with E-state index >= 15 is 0 Å². The van der Waals surface area contributed by atoms with Crippen molar-refractivity contribution >= 4 is 0 Å². The minimum atomic E-state index is -0.0748. The Morgan fingerprint density at radius 2 is 1.94 bits per heavy atom. The summed E-state index contributed by atoms with van der Waals surface area (Å²) in [6.07, 6.45) is 0. The smallest absolute Gasteiger partial charge is 0.127 e. The van der Waals surface area contributed by atoms with E-state index in [4.69, 9.17) is 4.74 Å². The van der Waals surface area contributed by atoms with Crippen LogP contribution in [-0.4, -0.2) is 25.9 Å². The number of ether oxygens (including phenoxy) is 1. The minimum Gasteiger partial charge on any atom is -0.496 e. The first-order chi connectivity index (χ1) is 7.56. The van der Waals surface area contributed by atoms with Crippen LogP contribution in [0, 0.1) is 20.8 Å². The Bertz CT molecular complexity index is 371. The van der Waals surface area contributed by atoms with E-state index in [-0.39, 0.29) is 12.6 Å². The molecule has 2 N–H and O–H groups in total. The van der Waals surface area contributed by atoms with Crippen molar-refractivity contribution < 1.29 is 9.84 Å². The van der Waals surface area contributed by atoms with Gasteiger partial charge < -0.3 is 15.2 Å². The highest BCUT2D eigenvalue weighted by Crippen LogP contribution is 2.33. The number of hydrogen-bond acceptors (Lipinski definition) is 3. The van der Waals surface area contributed by atoms with Gasteiger partial charge in [-0.1, -0.05) is 6.07 Å².